The third-order valence-corrected chi connectivity index (χ3v) is 3.42. The molecule has 0 aliphatic heterocycles. The Hall–Kier alpha value is -1.06. The lowest BCUT2D eigenvalue weighted by Crippen LogP contribution is -2.40. The van der Waals surface area contributed by atoms with Gasteiger partial charge >= 0.3 is 0 Å². The molecular formula is C15H23ClN2O. The molecule has 1 amide bonds. The Balaban J connectivity index is 2.29. The number of nitrogens with two attached hydrogens (primary N) is 1. The Labute approximate surface area is 120 Å². The first kappa shape index (κ1) is 16.0. The summed E-state index contributed by atoms with van der Waals surface area (Å²) in [6.07, 6.45) is 1.16. The number of amides is 1. The minimum atomic E-state index is -0.122. The van der Waals surface area contributed by atoms with Gasteiger partial charge in [-0.15, -0.1) is 0 Å². The molecule has 0 aliphatic carbocycles. The summed E-state index contributed by atoms with van der Waals surface area (Å²) in [5.41, 5.74) is 7.08. The topological polar surface area (TPSA) is 55.1 Å². The molecule has 0 radical (unpaired) electrons. The van der Waals surface area contributed by atoms with E-state index in [9.17, 15) is 4.79 Å². The van der Waals surface area contributed by atoms with Gasteiger partial charge in [0.1, 0.15) is 0 Å². The zero-order chi connectivity index (χ0) is 14.5. The summed E-state index contributed by atoms with van der Waals surface area (Å²) in [7, 11) is 0. The number of carbonyl (C=O) groups excluding carboxylic acids is 1. The highest BCUT2D eigenvalue weighted by atomic mass is 35.5. The standard InChI is InChI=1S/C15H23ClN2O/c1-15(2,3)13(17)10-14(19)18-9-8-11-4-6-12(16)7-5-11/h4-7,13H,8-10,17H2,1-3H3,(H,18,19). The number of rotatable bonds is 5. The zero-order valence-corrected chi connectivity index (χ0v) is 12.6. The lowest BCUT2D eigenvalue weighted by atomic mass is 9.85. The summed E-state index contributed by atoms with van der Waals surface area (Å²) < 4.78 is 0. The van der Waals surface area contributed by atoms with Crippen LogP contribution in [0.1, 0.15) is 32.8 Å². The van der Waals surface area contributed by atoms with Crippen LogP contribution >= 0.6 is 11.6 Å². The minimum absolute atomic E-state index is 0.0105. The molecular weight excluding hydrogens is 260 g/mol. The maximum absolute atomic E-state index is 11.7. The fourth-order valence-corrected chi connectivity index (χ4v) is 1.70. The van der Waals surface area contributed by atoms with Crippen LogP contribution in [0.4, 0.5) is 0 Å². The van der Waals surface area contributed by atoms with E-state index < -0.39 is 0 Å². The SMILES string of the molecule is CC(C)(C)C(N)CC(=O)NCCc1ccc(Cl)cc1. The Morgan fingerprint density at radius 2 is 1.89 bits per heavy atom. The normalized spacial score (nSPS) is 13.1. The maximum atomic E-state index is 11.7. The fraction of sp³-hybridized carbons (Fsp3) is 0.533. The highest BCUT2D eigenvalue weighted by Crippen LogP contribution is 2.19. The van der Waals surface area contributed by atoms with Crippen LogP contribution in [0.25, 0.3) is 0 Å². The summed E-state index contributed by atoms with van der Waals surface area (Å²) in [5.74, 6) is 0.0105. The van der Waals surface area contributed by atoms with Crippen molar-refractivity contribution in [3.05, 3.63) is 34.9 Å². The summed E-state index contributed by atoms with van der Waals surface area (Å²) in [6, 6.07) is 7.52. The van der Waals surface area contributed by atoms with Crippen molar-refractivity contribution >= 4 is 17.5 Å². The molecule has 106 valence electrons. The predicted molar refractivity (Wildman–Crippen MR) is 80.2 cm³/mol. The van der Waals surface area contributed by atoms with E-state index in [0.29, 0.717) is 13.0 Å². The molecule has 3 nitrogen and oxygen atoms in total. The van der Waals surface area contributed by atoms with Crippen molar-refractivity contribution in [2.24, 2.45) is 11.1 Å². The lowest BCUT2D eigenvalue weighted by molar-refractivity contribution is -0.121. The molecule has 0 spiro atoms. The van der Waals surface area contributed by atoms with Crippen molar-refractivity contribution in [1.29, 1.82) is 0 Å². The molecule has 1 atom stereocenters. The summed E-state index contributed by atoms with van der Waals surface area (Å²) in [4.78, 5) is 11.7. The first-order chi connectivity index (χ1) is 8.79. The van der Waals surface area contributed by atoms with Gasteiger partial charge in [-0.3, -0.25) is 4.79 Å². The highest BCUT2D eigenvalue weighted by molar-refractivity contribution is 6.30. The van der Waals surface area contributed by atoms with Crippen LogP contribution in [0.2, 0.25) is 5.02 Å². The van der Waals surface area contributed by atoms with Gasteiger partial charge in [-0.05, 0) is 29.5 Å². The molecule has 0 heterocycles. The van der Waals surface area contributed by atoms with Crippen LogP contribution in [0.15, 0.2) is 24.3 Å². The zero-order valence-electron chi connectivity index (χ0n) is 11.9. The third-order valence-electron chi connectivity index (χ3n) is 3.17. The van der Waals surface area contributed by atoms with Crippen molar-refractivity contribution < 1.29 is 4.79 Å². The molecule has 1 aromatic rings. The number of benzene rings is 1. The molecule has 1 aromatic carbocycles. The van der Waals surface area contributed by atoms with Gasteiger partial charge in [0.05, 0.1) is 0 Å². The number of halogens is 1. The van der Waals surface area contributed by atoms with Crippen LogP contribution < -0.4 is 11.1 Å². The molecule has 0 bridgehead atoms. The Kier molecular flexibility index (Phi) is 5.83. The van der Waals surface area contributed by atoms with E-state index in [1.807, 2.05) is 45.0 Å². The lowest BCUT2D eigenvalue weighted by Gasteiger charge is -2.26. The van der Waals surface area contributed by atoms with Crippen molar-refractivity contribution in [2.75, 3.05) is 6.54 Å². The molecule has 0 fully saturated rings. The Morgan fingerprint density at radius 1 is 1.32 bits per heavy atom. The van der Waals surface area contributed by atoms with Gasteiger partial charge in [-0.1, -0.05) is 44.5 Å². The quantitative estimate of drug-likeness (QED) is 0.872. The Bertz CT molecular complexity index is 409. The molecule has 1 unspecified atom stereocenters. The average Bonchev–Trinajstić information content (AvgIpc) is 2.30. The minimum Gasteiger partial charge on any atom is -0.356 e. The van der Waals surface area contributed by atoms with Crippen LogP contribution in [0.3, 0.4) is 0 Å². The molecule has 0 aliphatic rings. The molecule has 0 aromatic heterocycles. The maximum Gasteiger partial charge on any atom is 0.221 e. The van der Waals surface area contributed by atoms with Gasteiger partial charge in [0, 0.05) is 24.0 Å². The van der Waals surface area contributed by atoms with Gasteiger partial charge in [0.15, 0.2) is 0 Å². The van der Waals surface area contributed by atoms with E-state index in [0.717, 1.165) is 17.0 Å². The second-order valence-electron chi connectivity index (χ2n) is 5.90. The largest absolute Gasteiger partial charge is 0.356 e. The van der Waals surface area contributed by atoms with E-state index in [2.05, 4.69) is 5.32 Å². The molecule has 0 saturated carbocycles. The van der Waals surface area contributed by atoms with Gasteiger partial charge in [-0.25, -0.2) is 0 Å². The average molecular weight is 283 g/mol. The van der Waals surface area contributed by atoms with Crippen LogP contribution in [0, 0.1) is 5.41 Å². The molecule has 3 N–H and O–H groups in total. The van der Waals surface area contributed by atoms with Crippen LogP contribution in [-0.4, -0.2) is 18.5 Å². The number of hydrogen-bond donors (Lipinski definition) is 2. The van der Waals surface area contributed by atoms with Crippen molar-refractivity contribution in [3.63, 3.8) is 0 Å². The molecule has 19 heavy (non-hydrogen) atoms. The van der Waals surface area contributed by atoms with Gasteiger partial charge < -0.3 is 11.1 Å². The number of nitrogens with one attached hydrogen (secondary N) is 1. The van der Waals surface area contributed by atoms with Crippen molar-refractivity contribution in [3.8, 4) is 0 Å². The van der Waals surface area contributed by atoms with Gasteiger partial charge in [0.25, 0.3) is 0 Å². The molecule has 0 saturated heterocycles. The second kappa shape index (κ2) is 6.92. The number of hydrogen-bond acceptors (Lipinski definition) is 2. The second-order valence-corrected chi connectivity index (χ2v) is 6.34. The van der Waals surface area contributed by atoms with Crippen LogP contribution in [-0.2, 0) is 11.2 Å². The van der Waals surface area contributed by atoms with Gasteiger partial charge in [0.2, 0.25) is 5.91 Å². The molecule has 1 rings (SSSR count). The first-order valence-corrected chi connectivity index (χ1v) is 6.93. The molecule has 4 heteroatoms. The van der Waals surface area contributed by atoms with Crippen molar-refractivity contribution in [2.45, 2.75) is 39.7 Å². The summed E-state index contributed by atoms with van der Waals surface area (Å²) in [5, 5.41) is 3.62. The highest BCUT2D eigenvalue weighted by Gasteiger charge is 2.22. The van der Waals surface area contributed by atoms with E-state index >= 15 is 0 Å². The number of carbonyl (C=O) groups is 1. The van der Waals surface area contributed by atoms with E-state index in [1.165, 1.54) is 0 Å². The van der Waals surface area contributed by atoms with Gasteiger partial charge in [-0.2, -0.15) is 0 Å². The summed E-state index contributed by atoms with van der Waals surface area (Å²) >= 11 is 5.81. The fourth-order valence-electron chi connectivity index (χ4n) is 1.58. The third kappa shape index (κ3) is 6.08. The summed E-state index contributed by atoms with van der Waals surface area (Å²) in [6.45, 7) is 6.74. The van der Waals surface area contributed by atoms with E-state index in [4.69, 9.17) is 17.3 Å². The predicted octanol–water partition coefficient (Wildman–Crippen LogP) is 2.76. The van der Waals surface area contributed by atoms with E-state index in [1.54, 1.807) is 0 Å². The van der Waals surface area contributed by atoms with Crippen molar-refractivity contribution in [1.82, 2.24) is 5.32 Å². The smallest absolute Gasteiger partial charge is 0.221 e. The van der Waals surface area contributed by atoms with E-state index in [-0.39, 0.29) is 17.4 Å². The van der Waals surface area contributed by atoms with Crippen LogP contribution in [0.5, 0.6) is 0 Å². The first-order valence-electron chi connectivity index (χ1n) is 6.56. The monoisotopic (exact) mass is 282 g/mol. The Morgan fingerprint density at radius 3 is 2.42 bits per heavy atom.